The van der Waals surface area contributed by atoms with E-state index in [0.717, 1.165) is 16.7 Å². The Morgan fingerprint density at radius 1 is 0.976 bits per heavy atom. The van der Waals surface area contributed by atoms with Crippen LogP contribution in [0.15, 0.2) is 72.3 Å². The smallest absolute Gasteiger partial charge is 0.301 e. The van der Waals surface area contributed by atoms with Crippen LogP contribution < -0.4 is 14.4 Å². The Labute approximate surface area is 244 Å². The summed E-state index contributed by atoms with van der Waals surface area (Å²) in [6, 6.07) is 19.5. The lowest BCUT2D eigenvalue weighted by atomic mass is 9.85. The van der Waals surface area contributed by atoms with Gasteiger partial charge in [0.05, 0.1) is 35.0 Å². The minimum Gasteiger partial charge on any atom is -0.507 e. The fourth-order valence-electron chi connectivity index (χ4n) is 4.87. The van der Waals surface area contributed by atoms with Gasteiger partial charge < -0.3 is 14.6 Å². The third-order valence-corrected chi connectivity index (χ3v) is 8.00. The second-order valence-corrected chi connectivity index (χ2v) is 12.0. The number of ether oxygens (including phenoxy) is 2. The Balaban J connectivity index is 1.66. The summed E-state index contributed by atoms with van der Waals surface area (Å²) in [5.74, 6) is -0.470. The summed E-state index contributed by atoms with van der Waals surface area (Å²) in [4.78, 5) is 33.4. The van der Waals surface area contributed by atoms with E-state index in [0.29, 0.717) is 46.5 Å². The maximum atomic E-state index is 13.7. The van der Waals surface area contributed by atoms with Crippen LogP contribution in [0.4, 0.5) is 5.13 Å². The number of carbonyl (C=O) groups excluding carboxylic acids is 2. The van der Waals surface area contributed by atoms with Crippen molar-refractivity contribution >= 4 is 44.1 Å². The van der Waals surface area contributed by atoms with Crippen molar-refractivity contribution in [1.82, 2.24) is 4.98 Å². The molecule has 1 amide bonds. The number of amides is 1. The predicted octanol–water partition coefficient (Wildman–Crippen LogP) is 7.41. The number of carbonyl (C=O) groups is 2. The summed E-state index contributed by atoms with van der Waals surface area (Å²) >= 11 is 1.30. The van der Waals surface area contributed by atoms with E-state index in [1.165, 1.54) is 16.2 Å². The highest BCUT2D eigenvalue weighted by Gasteiger charge is 2.48. The van der Waals surface area contributed by atoms with Crippen molar-refractivity contribution in [1.29, 1.82) is 0 Å². The summed E-state index contributed by atoms with van der Waals surface area (Å²) in [5.41, 5.74) is 2.84. The summed E-state index contributed by atoms with van der Waals surface area (Å²) in [7, 11) is 0. The molecular weight excluding hydrogens is 536 g/mol. The molecule has 212 valence electrons. The Bertz CT molecular complexity index is 1630. The molecule has 8 heteroatoms. The number of anilines is 1. The molecule has 3 aromatic carbocycles. The number of hydrogen-bond donors (Lipinski definition) is 1. The van der Waals surface area contributed by atoms with E-state index in [4.69, 9.17) is 14.5 Å². The maximum Gasteiger partial charge on any atom is 0.301 e. The second-order valence-electron chi connectivity index (χ2n) is 11.0. The van der Waals surface area contributed by atoms with Gasteiger partial charge in [0.25, 0.3) is 5.78 Å². The van der Waals surface area contributed by atoms with Crippen LogP contribution in [0.5, 0.6) is 11.5 Å². The first-order valence-electron chi connectivity index (χ1n) is 13.8. The van der Waals surface area contributed by atoms with Gasteiger partial charge in [-0.3, -0.25) is 14.5 Å². The Hall–Kier alpha value is -4.17. The lowest BCUT2D eigenvalue weighted by molar-refractivity contribution is -0.132. The van der Waals surface area contributed by atoms with Crippen molar-refractivity contribution in [3.05, 3.63) is 89.0 Å². The minimum atomic E-state index is -0.865. The highest BCUT2D eigenvalue weighted by atomic mass is 32.1. The van der Waals surface area contributed by atoms with Gasteiger partial charge in [0.2, 0.25) is 0 Å². The summed E-state index contributed by atoms with van der Waals surface area (Å²) < 4.78 is 12.2. The summed E-state index contributed by atoms with van der Waals surface area (Å²) in [5, 5.41) is 11.9. The number of nitrogens with zero attached hydrogens (tertiary/aromatic N) is 2. The molecule has 41 heavy (non-hydrogen) atoms. The van der Waals surface area contributed by atoms with E-state index in [-0.39, 0.29) is 16.7 Å². The van der Waals surface area contributed by atoms with Gasteiger partial charge in [0, 0.05) is 5.56 Å². The van der Waals surface area contributed by atoms with Crippen molar-refractivity contribution in [2.75, 3.05) is 18.1 Å². The van der Waals surface area contributed by atoms with E-state index in [1.54, 1.807) is 24.3 Å². The molecule has 1 atom stereocenters. The zero-order chi connectivity index (χ0) is 29.3. The first-order chi connectivity index (χ1) is 19.6. The largest absolute Gasteiger partial charge is 0.507 e. The highest BCUT2D eigenvalue weighted by Crippen LogP contribution is 2.45. The van der Waals surface area contributed by atoms with Crippen LogP contribution in [0.1, 0.15) is 63.8 Å². The van der Waals surface area contributed by atoms with Crippen molar-refractivity contribution in [2.45, 2.75) is 52.5 Å². The first-order valence-corrected chi connectivity index (χ1v) is 14.6. The third kappa shape index (κ3) is 5.57. The van der Waals surface area contributed by atoms with Gasteiger partial charge in [0.1, 0.15) is 17.3 Å². The minimum absolute atomic E-state index is 0.0143. The van der Waals surface area contributed by atoms with Crippen molar-refractivity contribution in [3.63, 3.8) is 0 Å². The quantitative estimate of drug-likeness (QED) is 0.135. The Kier molecular flexibility index (Phi) is 7.87. The number of aliphatic hydroxyl groups excluding tert-OH is 1. The SMILES string of the molecule is CCCOc1cccc(/C(O)=C2\C(=O)C(=O)N(c3nc4ccc(OCC)cc4s3)C2c2ccc(C(C)(C)C)cc2)c1. The number of aliphatic hydroxyl groups is 1. The summed E-state index contributed by atoms with van der Waals surface area (Å²) in [6.07, 6.45) is 0.833. The molecule has 2 heterocycles. The van der Waals surface area contributed by atoms with E-state index in [9.17, 15) is 14.7 Å². The molecule has 1 N–H and O–H groups in total. The Morgan fingerprint density at radius 3 is 2.39 bits per heavy atom. The van der Waals surface area contributed by atoms with Crippen molar-refractivity contribution in [2.24, 2.45) is 0 Å². The van der Waals surface area contributed by atoms with Crippen LogP contribution in [0.25, 0.3) is 16.0 Å². The zero-order valence-electron chi connectivity index (χ0n) is 23.9. The fourth-order valence-corrected chi connectivity index (χ4v) is 5.89. The van der Waals surface area contributed by atoms with Gasteiger partial charge in [-0.1, -0.05) is 75.4 Å². The number of thiazole rings is 1. The van der Waals surface area contributed by atoms with Crippen molar-refractivity contribution in [3.8, 4) is 11.5 Å². The topological polar surface area (TPSA) is 89.0 Å². The molecule has 0 spiro atoms. The molecule has 1 aliphatic rings. The van der Waals surface area contributed by atoms with Crippen molar-refractivity contribution < 1.29 is 24.2 Å². The number of ketones is 1. The molecule has 7 nitrogen and oxygen atoms in total. The lowest BCUT2D eigenvalue weighted by Gasteiger charge is -2.24. The van der Waals surface area contributed by atoms with Crippen LogP contribution in [0.3, 0.4) is 0 Å². The second kappa shape index (κ2) is 11.4. The van der Waals surface area contributed by atoms with Gasteiger partial charge in [0.15, 0.2) is 5.13 Å². The number of benzene rings is 3. The molecular formula is C33H34N2O5S. The molecule has 0 aliphatic carbocycles. The highest BCUT2D eigenvalue weighted by molar-refractivity contribution is 7.22. The van der Waals surface area contributed by atoms with Crippen LogP contribution in [-0.4, -0.2) is 35.0 Å². The molecule has 1 aliphatic heterocycles. The van der Waals surface area contributed by atoms with Crippen LogP contribution in [-0.2, 0) is 15.0 Å². The standard InChI is InChI=1S/C33H34N2O5S/c1-6-17-40-23-10-8-9-21(18-23)29(36)27-28(20-11-13-22(14-12-20)33(3,4)5)35(31(38)30(27)37)32-34-25-16-15-24(39-7-2)19-26(25)41-32/h8-16,18-19,28,36H,6-7,17H2,1-5H3/b29-27+. The molecule has 5 rings (SSSR count). The molecule has 1 aromatic heterocycles. The van der Waals surface area contributed by atoms with Gasteiger partial charge in [-0.2, -0.15) is 0 Å². The number of aromatic nitrogens is 1. The molecule has 0 bridgehead atoms. The summed E-state index contributed by atoms with van der Waals surface area (Å²) in [6.45, 7) is 11.4. The normalized spacial score (nSPS) is 16.9. The van der Waals surface area contributed by atoms with E-state index >= 15 is 0 Å². The van der Waals surface area contributed by atoms with Gasteiger partial charge in [-0.25, -0.2) is 4.98 Å². The van der Waals surface area contributed by atoms with Gasteiger partial charge in [-0.05, 0) is 60.2 Å². The zero-order valence-corrected chi connectivity index (χ0v) is 24.7. The number of rotatable bonds is 8. The molecule has 1 fully saturated rings. The van der Waals surface area contributed by atoms with Crippen LogP contribution >= 0.6 is 11.3 Å². The fraction of sp³-hybridized carbons (Fsp3) is 0.303. The van der Waals surface area contributed by atoms with Gasteiger partial charge in [-0.15, -0.1) is 0 Å². The number of Topliss-reactive ketones (excluding diaryl/α,β-unsaturated/α-hetero) is 1. The third-order valence-electron chi connectivity index (χ3n) is 6.98. The Morgan fingerprint density at radius 2 is 1.71 bits per heavy atom. The molecule has 0 radical (unpaired) electrons. The van der Waals surface area contributed by atoms with Crippen LogP contribution in [0.2, 0.25) is 0 Å². The molecule has 1 saturated heterocycles. The monoisotopic (exact) mass is 570 g/mol. The van der Waals surface area contributed by atoms with Crippen LogP contribution in [0, 0.1) is 0 Å². The lowest BCUT2D eigenvalue weighted by Crippen LogP contribution is -2.29. The van der Waals surface area contributed by atoms with E-state index in [2.05, 4.69) is 20.8 Å². The van der Waals surface area contributed by atoms with E-state index in [1.807, 2.05) is 56.3 Å². The molecule has 4 aromatic rings. The number of hydrogen-bond acceptors (Lipinski definition) is 7. The maximum absolute atomic E-state index is 13.7. The average Bonchev–Trinajstić information content (AvgIpc) is 3.49. The molecule has 0 saturated carbocycles. The first kappa shape index (κ1) is 28.4. The number of fused-ring (bicyclic) bond motifs is 1. The molecule has 1 unspecified atom stereocenters. The predicted molar refractivity (Wildman–Crippen MR) is 163 cm³/mol. The average molecular weight is 571 g/mol. The van der Waals surface area contributed by atoms with Gasteiger partial charge >= 0.3 is 5.91 Å². The van der Waals surface area contributed by atoms with E-state index < -0.39 is 17.7 Å².